The van der Waals surface area contributed by atoms with Gasteiger partial charge in [-0.05, 0) is 28.5 Å². The Bertz CT molecular complexity index is 723. The van der Waals surface area contributed by atoms with Crippen molar-refractivity contribution in [1.82, 2.24) is 25.5 Å². The van der Waals surface area contributed by atoms with Gasteiger partial charge < -0.3 is 5.32 Å². The molecule has 0 radical (unpaired) electrons. The zero-order valence-corrected chi connectivity index (χ0v) is 11.0. The maximum Gasteiger partial charge on any atom is 0.277 e. The fourth-order valence-corrected chi connectivity index (χ4v) is 2.93. The zero-order chi connectivity index (χ0) is 13.5. The van der Waals surface area contributed by atoms with Crippen LogP contribution in [0.4, 0.5) is 5.95 Å². The average Bonchev–Trinajstić information content (AvgIpc) is 2.96. The molecule has 1 aromatic carbocycles. The quantitative estimate of drug-likeness (QED) is 0.794. The number of nitrogens with zero attached hydrogens (tertiary/aromatic N) is 4. The summed E-state index contributed by atoms with van der Waals surface area (Å²) in [6.45, 7) is 1.46. The van der Waals surface area contributed by atoms with Crippen LogP contribution >= 0.6 is 0 Å². The first-order valence-corrected chi connectivity index (χ1v) is 7.12. The lowest BCUT2D eigenvalue weighted by Gasteiger charge is -2.06. The van der Waals surface area contributed by atoms with Crippen LogP contribution in [0.3, 0.4) is 0 Å². The number of rotatable bonds is 3. The summed E-state index contributed by atoms with van der Waals surface area (Å²) >= 11 is 0. The maximum absolute atomic E-state index is 12.2. The first kappa shape index (κ1) is 12.1. The molecule has 19 heavy (non-hydrogen) atoms. The van der Waals surface area contributed by atoms with E-state index in [0.29, 0.717) is 6.54 Å². The Labute approximate surface area is 109 Å². The van der Waals surface area contributed by atoms with Crippen LogP contribution in [0.5, 0.6) is 0 Å². The van der Waals surface area contributed by atoms with Crippen LogP contribution in [-0.4, -0.2) is 28.6 Å². The third kappa shape index (κ3) is 2.29. The number of nitrogens with one attached hydrogen (secondary N) is 2. The summed E-state index contributed by atoms with van der Waals surface area (Å²) < 4.78 is 26.6. The Morgan fingerprint density at radius 2 is 2.11 bits per heavy atom. The van der Waals surface area contributed by atoms with E-state index in [4.69, 9.17) is 0 Å². The molecule has 0 unspecified atom stereocenters. The molecule has 1 aliphatic rings. The first-order valence-electron chi connectivity index (χ1n) is 5.64. The van der Waals surface area contributed by atoms with Crippen molar-refractivity contribution < 1.29 is 8.42 Å². The molecular formula is C10H12N6O2S. The number of sulfonamides is 1. The molecule has 0 fully saturated rings. The van der Waals surface area contributed by atoms with Gasteiger partial charge in [0.15, 0.2) is 0 Å². The van der Waals surface area contributed by atoms with E-state index in [2.05, 4.69) is 25.4 Å². The zero-order valence-electron chi connectivity index (χ0n) is 10.2. The van der Waals surface area contributed by atoms with E-state index in [-0.39, 0.29) is 10.8 Å². The van der Waals surface area contributed by atoms with Gasteiger partial charge in [0, 0.05) is 13.1 Å². The molecule has 0 bridgehead atoms. The van der Waals surface area contributed by atoms with Gasteiger partial charge in [0.25, 0.3) is 16.0 Å². The van der Waals surface area contributed by atoms with Gasteiger partial charge in [-0.15, -0.1) is 5.10 Å². The topological polar surface area (TPSA) is 102 Å². The number of hydrogen-bond donors (Lipinski definition) is 2. The molecule has 3 rings (SSSR count). The summed E-state index contributed by atoms with van der Waals surface area (Å²) in [5, 5.41) is 14.1. The molecule has 0 atom stereocenters. The molecule has 0 amide bonds. The predicted molar refractivity (Wildman–Crippen MR) is 66.6 cm³/mol. The monoisotopic (exact) mass is 280 g/mol. The van der Waals surface area contributed by atoms with E-state index in [9.17, 15) is 8.42 Å². The van der Waals surface area contributed by atoms with Gasteiger partial charge in [0.05, 0.1) is 11.9 Å². The lowest BCUT2D eigenvalue weighted by Crippen LogP contribution is -2.14. The van der Waals surface area contributed by atoms with Gasteiger partial charge in [-0.2, -0.15) is 4.80 Å². The van der Waals surface area contributed by atoms with Crippen molar-refractivity contribution in [3.8, 4) is 0 Å². The number of anilines is 1. The highest BCUT2D eigenvalue weighted by molar-refractivity contribution is 7.92. The van der Waals surface area contributed by atoms with Crippen LogP contribution in [0.25, 0.3) is 0 Å². The molecule has 1 aromatic heterocycles. The summed E-state index contributed by atoms with van der Waals surface area (Å²) in [5.74, 6) is -0.0406. The first-order chi connectivity index (χ1) is 9.04. The predicted octanol–water partition coefficient (Wildman–Crippen LogP) is -0.386. The van der Waals surface area contributed by atoms with Gasteiger partial charge in [-0.1, -0.05) is 11.2 Å². The van der Waals surface area contributed by atoms with Crippen molar-refractivity contribution in [2.24, 2.45) is 7.05 Å². The Balaban J connectivity index is 1.92. The number of hydrogen-bond acceptors (Lipinski definition) is 6. The number of fused-ring (bicyclic) bond motifs is 1. The third-order valence-corrected chi connectivity index (χ3v) is 4.18. The fourth-order valence-electron chi connectivity index (χ4n) is 1.94. The van der Waals surface area contributed by atoms with Crippen molar-refractivity contribution in [2.75, 3.05) is 4.72 Å². The van der Waals surface area contributed by atoms with E-state index in [0.717, 1.165) is 17.7 Å². The fraction of sp³-hybridized carbons (Fsp3) is 0.300. The number of tetrazole rings is 1. The van der Waals surface area contributed by atoms with Crippen molar-refractivity contribution in [3.63, 3.8) is 0 Å². The van der Waals surface area contributed by atoms with Crippen LogP contribution in [-0.2, 0) is 30.2 Å². The van der Waals surface area contributed by atoms with E-state index in [1.807, 2.05) is 6.07 Å². The van der Waals surface area contributed by atoms with Crippen molar-refractivity contribution >= 4 is 16.0 Å². The van der Waals surface area contributed by atoms with Gasteiger partial charge in [0.1, 0.15) is 0 Å². The molecule has 0 spiro atoms. The molecule has 8 nitrogen and oxygen atoms in total. The number of aromatic nitrogens is 4. The molecule has 0 saturated heterocycles. The molecule has 2 heterocycles. The average molecular weight is 280 g/mol. The van der Waals surface area contributed by atoms with Crippen LogP contribution in [0, 0.1) is 0 Å². The van der Waals surface area contributed by atoms with Crippen LogP contribution in [0.2, 0.25) is 0 Å². The van der Waals surface area contributed by atoms with E-state index >= 15 is 0 Å². The second kappa shape index (κ2) is 4.28. The normalized spacial score (nSPS) is 14.4. The number of benzene rings is 1. The minimum atomic E-state index is -3.68. The molecule has 1 aliphatic heterocycles. The highest BCUT2D eigenvalue weighted by Gasteiger charge is 2.19. The highest BCUT2D eigenvalue weighted by Crippen LogP contribution is 2.21. The summed E-state index contributed by atoms with van der Waals surface area (Å²) in [6.07, 6.45) is 0. The maximum atomic E-state index is 12.2. The van der Waals surface area contributed by atoms with Gasteiger partial charge in [-0.3, -0.25) is 0 Å². The standard InChI is InChI=1S/C10H12N6O2S/c1-16-13-10(12-15-16)14-19(17,18)9-3-2-7-5-11-6-8(7)4-9/h2-4,11H,5-6H2,1H3,(H,13,14). The van der Waals surface area contributed by atoms with Crippen LogP contribution < -0.4 is 10.0 Å². The minimum Gasteiger partial charge on any atom is -0.309 e. The Morgan fingerprint density at radius 1 is 1.32 bits per heavy atom. The van der Waals surface area contributed by atoms with E-state index < -0.39 is 10.0 Å². The highest BCUT2D eigenvalue weighted by atomic mass is 32.2. The van der Waals surface area contributed by atoms with Crippen LogP contribution in [0.15, 0.2) is 23.1 Å². The van der Waals surface area contributed by atoms with Crippen molar-refractivity contribution in [1.29, 1.82) is 0 Å². The van der Waals surface area contributed by atoms with Crippen molar-refractivity contribution in [3.05, 3.63) is 29.3 Å². The summed E-state index contributed by atoms with van der Waals surface area (Å²) in [6, 6.07) is 5.05. The summed E-state index contributed by atoms with van der Waals surface area (Å²) in [7, 11) is -2.12. The van der Waals surface area contributed by atoms with Crippen molar-refractivity contribution in [2.45, 2.75) is 18.0 Å². The Morgan fingerprint density at radius 3 is 2.84 bits per heavy atom. The molecule has 9 heteroatoms. The van der Waals surface area contributed by atoms with Crippen LogP contribution in [0.1, 0.15) is 11.1 Å². The Hall–Kier alpha value is -2.00. The second-order valence-electron chi connectivity index (χ2n) is 4.24. The largest absolute Gasteiger partial charge is 0.309 e. The smallest absolute Gasteiger partial charge is 0.277 e. The molecular weight excluding hydrogens is 268 g/mol. The SMILES string of the molecule is Cn1nnc(NS(=O)(=O)c2ccc3c(c2)CNC3)n1. The molecule has 2 N–H and O–H groups in total. The lowest BCUT2D eigenvalue weighted by atomic mass is 10.1. The lowest BCUT2D eigenvalue weighted by molar-refractivity contribution is 0.600. The van der Waals surface area contributed by atoms with Gasteiger partial charge in [0.2, 0.25) is 0 Å². The van der Waals surface area contributed by atoms with Gasteiger partial charge in [-0.25, -0.2) is 13.1 Å². The molecule has 0 aliphatic carbocycles. The third-order valence-electron chi connectivity index (χ3n) is 2.85. The number of aryl methyl sites for hydroxylation is 1. The summed E-state index contributed by atoms with van der Waals surface area (Å²) in [5.41, 5.74) is 2.12. The molecule has 2 aromatic rings. The molecule has 0 saturated carbocycles. The van der Waals surface area contributed by atoms with E-state index in [1.54, 1.807) is 19.2 Å². The van der Waals surface area contributed by atoms with Gasteiger partial charge >= 0.3 is 0 Å². The van der Waals surface area contributed by atoms with E-state index in [1.165, 1.54) is 4.80 Å². The molecule has 100 valence electrons. The Kier molecular flexibility index (Phi) is 2.72. The second-order valence-corrected chi connectivity index (χ2v) is 5.92. The summed E-state index contributed by atoms with van der Waals surface area (Å²) in [4.78, 5) is 1.38. The minimum absolute atomic E-state index is 0.0406.